The minimum absolute atomic E-state index is 0.0170. The van der Waals surface area contributed by atoms with Gasteiger partial charge in [0.25, 0.3) is 17.7 Å². The number of unbranched alkanes of at least 4 members (excludes halogenated alkanes) is 2. The van der Waals surface area contributed by atoms with Crippen molar-refractivity contribution in [2.45, 2.75) is 181 Å². The molecule has 0 bridgehead atoms. The Morgan fingerprint density at radius 3 is 2.17 bits per heavy atom. The van der Waals surface area contributed by atoms with E-state index in [1.165, 1.54) is 31.5 Å². The third-order valence-electron chi connectivity index (χ3n) is 15.6. The maximum atomic E-state index is 14.8. The summed E-state index contributed by atoms with van der Waals surface area (Å²) < 4.78 is 5.90. The molecule has 1 fully saturated rings. The van der Waals surface area contributed by atoms with Crippen molar-refractivity contribution in [3.05, 3.63) is 70.2 Å². The molecule has 0 aliphatic carbocycles. The molecule has 2 aliphatic heterocycles. The number of urea groups is 1. The van der Waals surface area contributed by atoms with E-state index in [0.717, 1.165) is 35.6 Å². The number of carbonyl (C=O) groups excluding carboxylic acids is 10. The maximum Gasteiger partial charge on any atom is 0.407 e. The van der Waals surface area contributed by atoms with E-state index in [1.54, 1.807) is 49.9 Å². The first kappa shape index (κ1) is 71.7. The quantitative estimate of drug-likeness (QED) is 0.0244. The van der Waals surface area contributed by atoms with Crippen LogP contribution in [0.15, 0.2) is 53.9 Å². The van der Waals surface area contributed by atoms with Gasteiger partial charge in [0.1, 0.15) is 28.8 Å². The van der Waals surface area contributed by atoms with Gasteiger partial charge in [0.15, 0.2) is 6.10 Å². The molecular formula is C61H92N12O13S. The van der Waals surface area contributed by atoms with Gasteiger partial charge in [-0.05, 0) is 108 Å². The Bertz CT molecular complexity index is 2740. The number of likely N-dealkylation sites (N-methyl/N-ethyl adjacent to an activating group) is 1. The number of carboxylic acid groups (broad SMARTS) is 1. The maximum absolute atomic E-state index is 14.8. The molecule has 0 saturated carbocycles. The highest BCUT2D eigenvalue weighted by atomic mass is 32.1. The number of hydrogen-bond acceptors (Lipinski definition) is 15. The number of nitrogens with one attached hydrogen (secondary N) is 7. The molecule has 0 spiro atoms. The molecule has 9 atom stereocenters. The number of nitrogens with two attached hydrogens (primary N) is 1. The van der Waals surface area contributed by atoms with Gasteiger partial charge in [-0.1, -0.05) is 85.1 Å². The van der Waals surface area contributed by atoms with Crippen LogP contribution >= 0.6 is 11.3 Å². The van der Waals surface area contributed by atoms with Crippen LogP contribution in [0.25, 0.3) is 0 Å². The second-order valence-corrected chi connectivity index (χ2v) is 23.9. The van der Waals surface area contributed by atoms with E-state index in [9.17, 15) is 57.8 Å². The Morgan fingerprint density at radius 2 is 1.57 bits per heavy atom. The Hall–Kier alpha value is -7.74. The number of carbonyl (C=O) groups is 11. The predicted molar refractivity (Wildman–Crippen MR) is 329 cm³/mol. The Morgan fingerprint density at radius 1 is 0.885 bits per heavy atom. The third-order valence-corrected chi connectivity index (χ3v) is 16.6. The van der Waals surface area contributed by atoms with E-state index in [0.29, 0.717) is 61.9 Å². The van der Waals surface area contributed by atoms with Crippen molar-refractivity contribution in [1.29, 1.82) is 0 Å². The van der Waals surface area contributed by atoms with Crippen LogP contribution in [0.5, 0.6) is 0 Å². The Balaban J connectivity index is 1.49. The molecule has 0 unspecified atom stereocenters. The second-order valence-electron chi connectivity index (χ2n) is 23.0. The molecule has 0 radical (unpaired) electrons. The fourth-order valence-electron chi connectivity index (χ4n) is 10.3. The third kappa shape index (κ3) is 22.8. The van der Waals surface area contributed by atoms with Crippen molar-refractivity contribution in [1.82, 2.24) is 51.6 Å². The van der Waals surface area contributed by atoms with Crippen LogP contribution in [0.4, 0.5) is 15.3 Å². The number of aliphatic carboxylic acids is 1. The van der Waals surface area contributed by atoms with Crippen molar-refractivity contribution in [3.8, 4) is 0 Å². The van der Waals surface area contributed by atoms with Gasteiger partial charge in [0.05, 0.1) is 18.0 Å². The number of ether oxygens (including phenoxy) is 1. The number of primary amides is 1. The van der Waals surface area contributed by atoms with Crippen molar-refractivity contribution >= 4 is 82.4 Å². The van der Waals surface area contributed by atoms with Crippen molar-refractivity contribution in [3.63, 3.8) is 0 Å². The average molecular weight is 1230 g/mol. The van der Waals surface area contributed by atoms with Gasteiger partial charge in [0, 0.05) is 68.8 Å². The SMILES string of the molecule is C=C(C)[C@@H](C[C@@H](OC(=O)NC)c1nc(C(=O)N[C@@H](Cc2ccc(NC(=O)[C@H](CCCNC(N)=O)NC(=O)[C@@H](NC(=O)CCCCCN3C(=O)C=CC3=O)C(C)C)cc2)C[C@H](C)C(=O)O)cs1)N(CCC)C(=O)[C@@H](NC(=O)[C@H]1CCCCN1C)[C@@H](C)CC. The topological polar surface area (TPSA) is 350 Å². The number of amides is 11. The van der Waals surface area contributed by atoms with Crippen LogP contribution in [0.3, 0.4) is 0 Å². The highest BCUT2D eigenvalue weighted by Crippen LogP contribution is 2.32. The average Bonchev–Trinajstić information content (AvgIpc) is 2.33. The lowest BCUT2D eigenvalue weighted by molar-refractivity contribution is -0.142. The summed E-state index contributed by atoms with van der Waals surface area (Å²) in [5.41, 5.74) is 6.81. The molecule has 11 amide bonds. The first-order chi connectivity index (χ1) is 41.3. The van der Waals surface area contributed by atoms with Gasteiger partial charge in [-0.15, -0.1) is 11.3 Å². The number of likely N-dealkylation sites (tertiary alicyclic amines) is 1. The molecular weight excluding hydrogens is 1140 g/mol. The van der Waals surface area contributed by atoms with Gasteiger partial charge in [-0.25, -0.2) is 14.6 Å². The molecule has 4 rings (SSSR count). The molecule has 26 heteroatoms. The molecule has 1 aromatic carbocycles. The molecule has 3 heterocycles. The van der Waals surface area contributed by atoms with E-state index in [4.69, 9.17) is 10.5 Å². The summed E-state index contributed by atoms with van der Waals surface area (Å²) in [6, 6.07) is 1.06. The normalized spacial score (nSPS) is 16.9. The number of benzene rings is 1. The molecule has 1 aromatic heterocycles. The van der Waals surface area contributed by atoms with Crippen LogP contribution in [0.1, 0.15) is 159 Å². The number of hydrogen-bond donors (Lipinski definition) is 9. The minimum Gasteiger partial charge on any atom is -0.481 e. The van der Waals surface area contributed by atoms with E-state index in [1.807, 2.05) is 32.7 Å². The molecule has 480 valence electrons. The van der Waals surface area contributed by atoms with E-state index >= 15 is 0 Å². The number of rotatable bonds is 36. The summed E-state index contributed by atoms with van der Waals surface area (Å²) in [6.07, 6.45) is 6.41. The fraction of sp³-hybridized carbons (Fsp3) is 0.607. The van der Waals surface area contributed by atoms with E-state index in [2.05, 4.69) is 48.8 Å². The van der Waals surface area contributed by atoms with Crippen molar-refractivity contribution in [2.75, 3.05) is 45.6 Å². The summed E-state index contributed by atoms with van der Waals surface area (Å²) in [5, 5.41) is 31.0. The smallest absolute Gasteiger partial charge is 0.407 e. The number of nitrogens with zero attached hydrogens (tertiary/aromatic N) is 4. The lowest BCUT2D eigenvalue weighted by Crippen LogP contribution is -2.58. The number of thiazole rings is 1. The van der Waals surface area contributed by atoms with Crippen LogP contribution in [0.2, 0.25) is 0 Å². The first-order valence-corrected chi connectivity index (χ1v) is 31.1. The van der Waals surface area contributed by atoms with Crippen LogP contribution < -0.4 is 43.0 Å². The number of piperidine rings is 1. The molecule has 1 saturated heterocycles. The zero-order valence-corrected chi connectivity index (χ0v) is 52.7. The number of alkyl carbamates (subject to hydrolysis) is 1. The zero-order chi connectivity index (χ0) is 64.5. The molecule has 25 nitrogen and oxygen atoms in total. The monoisotopic (exact) mass is 1230 g/mol. The van der Waals surface area contributed by atoms with Crippen molar-refractivity contribution < 1.29 is 62.6 Å². The standard InChI is InChI=1S/C61H92N12O13S/c1-11-29-72(58(81)52(38(7)12-2)70-55(79)45-20-15-17-30-71(45)10)46(36(3)4)34-47(86-61(85)63-9)57-68-44(35-87-57)54(78)66-42(32-39(8)59(82)83)33-40-22-24-41(25-23-40)65-53(77)43(19-18-28-64-60(62)84)67-56(80)51(37(5)6)69-48(74)21-14-13-16-31-73-49(75)26-27-50(73)76/h22-27,35,37-39,42-43,45-47,51-52H,3,11-21,28-34H2,1-2,4-10H3,(H,63,85)(H,65,77)(H,66,78)(H,67,80)(H,69,74)(H,70,79)(H,82,83)(H3,62,64,84)/t38-,39-,42+,43-,45+,46+,47+,51-,52-/m0/s1. The largest absolute Gasteiger partial charge is 0.481 e. The fourth-order valence-corrected chi connectivity index (χ4v) is 11.2. The van der Waals surface area contributed by atoms with Gasteiger partial charge in [-0.2, -0.15) is 0 Å². The first-order valence-electron chi connectivity index (χ1n) is 30.2. The Labute approximate surface area is 514 Å². The number of carboxylic acids is 1. The molecule has 2 aromatic rings. The van der Waals surface area contributed by atoms with Crippen molar-refractivity contribution in [2.24, 2.45) is 23.5 Å². The van der Waals surface area contributed by atoms with Gasteiger partial charge >= 0.3 is 18.1 Å². The van der Waals surface area contributed by atoms with Gasteiger partial charge in [-0.3, -0.25) is 53.0 Å². The Kier molecular flexibility index (Phi) is 29.5. The summed E-state index contributed by atoms with van der Waals surface area (Å²) in [4.78, 5) is 153. The summed E-state index contributed by atoms with van der Waals surface area (Å²) >= 11 is 1.06. The molecule has 87 heavy (non-hydrogen) atoms. The van der Waals surface area contributed by atoms with E-state index in [-0.39, 0.29) is 104 Å². The summed E-state index contributed by atoms with van der Waals surface area (Å²) in [7, 11) is 3.31. The highest BCUT2D eigenvalue weighted by Gasteiger charge is 2.39. The summed E-state index contributed by atoms with van der Waals surface area (Å²) in [5.74, 6) is -6.05. The van der Waals surface area contributed by atoms with Gasteiger partial charge in [0.2, 0.25) is 29.5 Å². The lowest BCUT2D eigenvalue weighted by atomic mass is 9.93. The molecule has 2 aliphatic rings. The minimum atomic E-state index is -1.13. The predicted octanol–water partition coefficient (Wildman–Crippen LogP) is 5.08. The lowest BCUT2D eigenvalue weighted by Gasteiger charge is -2.39. The summed E-state index contributed by atoms with van der Waals surface area (Å²) in [6.45, 7) is 18.3. The van der Waals surface area contributed by atoms with Crippen LogP contribution in [0, 0.1) is 17.8 Å². The number of anilines is 1. The second kappa shape index (κ2) is 35.8. The number of imide groups is 1. The molecule has 10 N–H and O–H groups in total. The van der Waals surface area contributed by atoms with E-state index < -0.39 is 84.0 Å². The van der Waals surface area contributed by atoms with Gasteiger partial charge < -0.3 is 57.7 Å². The zero-order valence-electron chi connectivity index (χ0n) is 51.9. The highest BCUT2D eigenvalue weighted by molar-refractivity contribution is 7.09. The van der Waals surface area contributed by atoms with Crippen LogP contribution in [-0.4, -0.2) is 167 Å². The number of aromatic nitrogens is 1. The van der Waals surface area contributed by atoms with Crippen LogP contribution in [-0.2, 0) is 49.5 Å².